The highest BCUT2D eigenvalue weighted by Crippen LogP contribution is 2.28. The highest BCUT2D eigenvalue weighted by molar-refractivity contribution is 4.85. The van der Waals surface area contributed by atoms with Crippen LogP contribution in [0.1, 0.15) is 58.8 Å². The largest absolute Gasteiger partial charge is 0.377 e. The molecule has 2 aliphatic rings. The molecule has 2 heteroatoms. The van der Waals surface area contributed by atoms with Crippen LogP contribution in [0, 0.1) is 5.92 Å². The lowest BCUT2D eigenvalue weighted by molar-refractivity contribution is 0.0704. The lowest BCUT2D eigenvalue weighted by Crippen LogP contribution is -2.46. The Labute approximate surface area is 100 Å². The molecule has 1 aliphatic heterocycles. The van der Waals surface area contributed by atoms with Crippen molar-refractivity contribution in [1.29, 1.82) is 0 Å². The van der Waals surface area contributed by atoms with Crippen LogP contribution in [0.25, 0.3) is 0 Å². The predicted molar refractivity (Wildman–Crippen MR) is 67.6 cm³/mol. The molecule has 0 bridgehead atoms. The molecular formula is C14H27NO. The summed E-state index contributed by atoms with van der Waals surface area (Å²) in [5.74, 6) is 0.912. The van der Waals surface area contributed by atoms with Crippen molar-refractivity contribution in [1.82, 2.24) is 5.32 Å². The molecule has 0 aromatic heterocycles. The standard InChI is InChI=1S/C14H27NO/c1-3-13(14-9-6-10-16-14)15-11(2)12-7-4-5-8-12/h11-15H,3-10H2,1-2H3. The van der Waals surface area contributed by atoms with E-state index in [0.29, 0.717) is 18.2 Å². The molecule has 2 rings (SSSR count). The molecule has 1 N–H and O–H groups in total. The van der Waals surface area contributed by atoms with Gasteiger partial charge < -0.3 is 10.1 Å². The third kappa shape index (κ3) is 2.98. The van der Waals surface area contributed by atoms with Crippen LogP contribution in [0.15, 0.2) is 0 Å². The minimum Gasteiger partial charge on any atom is -0.377 e. The van der Waals surface area contributed by atoms with Crippen LogP contribution in [0.5, 0.6) is 0 Å². The van der Waals surface area contributed by atoms with Crippen LogP contribution in [-0.4, -0.2) is 24.8 Å². The summed E-state index contributed by atoms with van der Waals surface area (Å²) in [6.45, 7) is 5.62. The fraction of sp³-hybridized carbons (Fsp3) is 1.00. The van der Waals surface area contributed by atoms with E-state index in [-0.39, 0.29) is 0 Å². The third-order valence-electron chi connectivity index (χ3n) is 4.44. The number of ether oxygens (including phenoxy) is 1. The van der Waals surface area contributed by atoms with E-state index in [2.05, 4.69) is 19.2 Å². The zero-order valence-corrected chi connectivity index (χ0v) is 10.9. The van der Waals surface area contributed by atoms with Crippen molar-refractivity contribution in [3.63, 3.8) is 0 Å². The van der Waals surface area contributed by atoms with E-state index in [4.69, 9.17) is 4.74 Å². The maximum atomic E-state index is 5.81. The minimum atomic E-state index is 0.480. The van der Waals surface area contributed by atoms with Gasteiger partial charge in [0.2, 0.25) is 0 Å². The van der Waals surface area contributed by atoms with E-state index in [1.165, 1.54) is 44.9 Å². The van der Waals surface area contributed by atoms with Crippen molar-refractivity contribution in [3.8, 4) is 0 Å². The molecule has 1 aliphatic carbocycles. The van der Waals surface area contributed by atoms with E-state index < -0.39 is 0 Å². The van der Waals surface area contributed by atoms with E-state index >= 15 is 0 Å². The maximum Gasteiger partial charge on any atom is 0.0728 e. The number of hydrogen-bond acceptors (Lipinski definition) is 2. The lowest BCUT2D eigenvalue weighted by atomic mass is 9.96. The average molecular weight is 225 g/mol. The minimum absolute atomic E-state index is 0.480. The molecule has 2 fully saturated rings. The Morgan fingerprint density at radius 2 is 1.94 bits per heavy atom. The Bertz CT molecular complexity index is 195. The van der Waals surface area contributed by atoms with Crippen LogP contribution in [0.3, 0.4) is 0 Å². The Morgan fingerprint density at radius 1 is 1.19 bits per heavy atom. The first-order valence-electron chi connectivity index (χ1n) is 7.19. The van der Waals surface area contributed by atoms with Gasteiger partial charge in [-0.25, -0.2) is 0 Å². The van der Waals surface area contributed by atoms with E-state index in [0.717, 1.165) is 12.5 Å². The van der Waals surface area contributed by atoms with Gasteiger partial charge in [-0.2, -0.15) is 0 Å². The van der Waals surface area contributed by atoms with Crippen LogP contribution >= 0.6 is 0 Å². The van der Waals surface area contributed by atoms with Crippen molar-refractivity contribution in [3.05, 3.63) is 0 Å². The molecule has 3 unspecified atom stereocenters. The van der Waals surface area contributed by atoms with Crippen LogP contribution in [0.4, 0.5) is 0 Å². The monoisotopic (exact) mass is 225 g/mol. The van der Waals surface area contributed by atoms with Crippen molar-refractivity contribution in [2.24, 2.45) is 5.92 Å². The summed E-state index contributed by atoms with van der Waals surface area (Å²) in [7, 11) is 0. The van der Waals surface area contributed by atoms with Gasteiger partial charge in [-0.3, -0.25) is 0 Å². The highest BCUT2D eigenvalue weighted by atomic mass is 16.5. The van der Waals surface area contributed by atoms with E-state index in [9.17, 15) is 0 Å². The molecule has 2 nitrogen and oxygen atoms in total. The Balaban J connectivity index is 1.80. The van der Waals surface area contributed by atoms with Crippen molar-refractivity contribution in [2.75, 3.05) is 6.61 Å². The second-order valence-electron chi connectivity index (χ2n) is 5.57. The number of nitrogens with one attached hydrogen (secondary N) is 1. The molecule has 0 radical (unpaired) electrons. The second kappa shape index (κ2) is 6.02. The molecule has 16 heavy (non-hydrogen) atoms. The molecular weight excluding hydrogens is 198 g/mol. The Kier molecular flexibility index (Phi) is 4.66. The van der Waals surface area contributed by atoms with E-state index in [1.54, 1.807) is 0 Å². The zero-order chi connectivity index (χ0) is 11.4. The van der Waals surface area contributed by atoms with Gasteiger partial charge in [-0.05, 0) is 44.9 Å². The van der Waals surface area contributed by atoms with Gasteiger partial charge in [-0.1, -0.05) is 19.8 Å². The van der Waals surface area contributed by atoms with Crippen molar-refractivity contribution >= 4 is 0 Å². The highest BCUT2D eigenvalue weighted by Gasteiger charge is 2.28. The average Bonchev–Trinajstić information content (AvgIpc) is 2.96. The summed E-state index contributed by atoms with van der Waals surface area (Å²) >= 11 is 0. The third-order valence-corrected chi connectivity index (χ3v) is 4.44. The molecule has 3 atom stereocenters. The molecule has 0 aromatic carbocycles. The topological polar surface area (TPSA) is 21.3 Å². The zero-order valence-electron chi connectivity index (χ0n) is 10.9. The molecule has 1 saturated carbocycles. The first-order chi connectivity index (χ1) is 7.81. The fourth-order valence-electron chi connectivity index (χ4n) is 3.34. The fourth-order valence-corrected chi connectivity index (χ4v) is 3.34. The molecule has 1 heterocycles. The Morgan fingerprint density at radius 3 is 2.50 bits per heavy atom. The molecule has 94 valence electrons. The number of hydrogen-bond donors (Lipinski definition) is 1. The summed E-state index contributed by atoms with van der Waals surface area (Å²) in [5, 5.41) is 3.83. The summed E-state index contributed by atoms with van der Waals surface area (Å²) < 4.78 is 5.81. The van der Waals surface area contributed by atoms with Crippen molar-refractivity contribution in [2.45, 2.75) is 77.0 Å². The van der Waals surface area contributed by atoms with Crippen LogP contribution in [0.2, 0.25) is 0 Å². The molecule has 1 saturated heterocycles. The van der Waals surface area contributed by atoms with Gasteiger partial charge in [0.1, 0.15) is 0 Å². The first-order valence-corrected chi connectivity index (χ1v) is 7.19. The summed E-state index contributed by atoms with van der Waals surface area (Å²) in [6.07, 6.45) is 9.91. The van der Waals surface area contributed by atoms with Gasteiger partial charge >= 0.3 is 0 Å². The predicted octanol–water partition coefficient (Wildman–Crippen LogP) is 3.11. The van der Waals surface area contributed by atoms with Crippen molar-refractivity contribution < 1.29 is 4.74 Å². The lowest BCUT2D eigenvalue weighted by Gasteiger charge is -2.29. The summed E-state index contributed by atoms with van der Waals surface area (Å²) in [6, 6.07) is 1.26. The number of rotatable bonds is 5. The van der Waals surface area contributed by atoms with Crippen LogP contribution in [-0.2, 0) is 4.74 Å². The summed E-state index contributed by atoms with van der Waals surface area (Å²) in [4.78, 5) is 0. The van der Waals surface area contributed by atoms with Gasteiger partial charge in [0.25, 0.3) is 0 Å². The van der Waals surface area contributed by atoms with E-state index in [1.807, 2.05) is 0 Å². The summed E-state index contributed by atoms with van der Waals surface area (Å²) in [5.41, 5.74) is 0. The molecule has 0 aromatic rings. The van der Waals surface area contributed by atoms with Gasteiger partial charge in [0.05, 0.1) is 6.10 Å². The van der Waals surface area contributed by atoms with Crippen LogP contribution < -0.4 is 5.32 Å². The normalized spacial score (nSPS) is 30.8. The smallest absolute Gasteiger partial charge is 0.0728 e. The van der Waals surface area contributed by atoms with Gasteiger partial charge in [0, 0.05) is 18.7 Å². The molecule has 0 amide bonds. The Hall–Kier alpha value is -0.0800. The van der Waals surface area contributed by atoms with Gasteiger partial charge in [-0.15, -0.1) is 0 Å². The second-order valence-corrected chi connectivity index (χ2v) is 5.57. The quantitative estimate of drug-likeness (QED) is 0.776. The maximum absolute atomic E-state index is 5.81. The van der Waals surface area contributed by atoms with Gasteiger partial charge in [0.15, 0.2) is 0 Å². The SMILES string of the molecule is CCC(NC(C)C1CCCC1)C1CCCO1. The molecule has 0 spiro atoms. The first kappa shape index (κ1) is 12.4.